The summed E-state index contributed by atoms with van der Waals surface area (Å²) < 4.78 is 33.0. The van der Waals surface area contributed by atoms with Gasteiger partial charge in [0.15, 0.2) is 0 Å². The first-order valence-corrected chi connectivity index (χ1v) is 7.93. The number of carbonyl (C=O) groups excluding carboxylic acids is 1. The lowest BCUT2D eigenvalue weighted by Crippen LogP contribution is -2.36. The second-order valence-electron chi connectivity index (χ2n) is 4.47. The van der Waals surface area contributed by atoms with Gasteiger partial charge in [-0.05, 0) is 32.0 Å². The number of ether oxygens (including phenoxy) is 2. The van der Waals surface area contributed by atoms with Crippen LogP contribution in [0.4, 0.5) is 0 Å². The first-order valence-electron chi connectivity index (χ1n) is 6.39. The third-order valence-electron chi connectivity index (χ3n) is 2.62. The van der Waals surface area contributed by atoms with Crippen LogP contribution >= 0.6 is 0 Å². The standard InChI is InChI=1S/C13H20N2O5S/c1-4-20-12-6-5-10(21(14,17)18)7-11(12)13(16)15-9(2)8-19-3/h5-7,9H,4,8H2,1-3H3,(H,15,16)(H2,14,17,18). The van der Waals surface area contributed by atoms with Crippen LogP contribution in [-0.2, 0) is 14.8 Å². The van der Waals surface area contributed by atoms with Crippen molar-refractivity contribution in [2.24, 2.45) is 5.14 Å². The molecule has 118 valence electrons. The van der Waals surface area contributed by atoms with E-state index in [-0.39, 0.29) is 16.5 Å². The second kappa shape index (κ2) is 7.39. The van der Waals surface area contributed by atoms with Gasteiger partial charge in [0.1, 0.15) is 5.75 Å². The molecule has 0 aliphatic rings. The van der Waals surface area contributed by atoms with Crippen LogP contribution in [0.3, 0.4) is 0 Å². The SMILES string of the molecule is CCOc1ccc(S(N)(=O)=O)cc1C(=O)NC(C)COC. The maximum absolute atomic E-state index is 12.2. The molecule has 0 heterocycles. The van der Waals surface area contributed by atoms with Gasteiger partial charge >= 0.3 is 0 Å². The molecule has 0 fully saturated rings. The van der Waals surface area contributed by atoms with Crippen LogP contribution in [0.15, 0.2) is 23.1 Å². The fourth-order valence-corrected chi connectivity index (χ4v) is 2.28. The molecule has 21 heavy (non-hydrogen) atoms. The second-order valence-corrected chi connectivity index (χ2v) is 6.03. The number of nitrogens with one attached hydrogen (secondary N) is 1. The van der Waals surface area contributed by atoms with Gasteiger partial charge in [-0.15, -0.1) is 0 Å². The molecule has 0 aromatic heterocycles. The van der Waals surface area contributed by atoms with Crippen LogP contribution in [0.5, 0.6) is 5.75 Å². The lowest BCUT2D eigenvalue weighted by molar-refractivity contribution is 0.0901. The zero-order valence-corrected chi connectivity index (χ0v) is 13.1. The van der Waals surface area contributed by atoms with Crippen molar-refractivity contribution in [1.82, 2.24) is 5.32 Å². The van der Waals surface area contributed by atoms with Crippen LogP contribution in [0, 0.1) is 0 Å². The van der Waals surface area contributed by atoms with Gasteiger partial charge in [0, 0.05) is 13.2 Å². The summed E-state index contributed by atoms with van der Waals surface area (Å²) in [6.45, 7) is 4.22. The van der Waals surface area contributed by atoms with Gasteiger partial charge in [0.05, 0.1) is 23.7 Å². The topological polar surface area (TPSA) is 108 Å². The third-order valence-corrected chi connectivity index (χ3v) is 3.53. The number of sulfonamides is 1. The van der Waals surface area contributed by atoms with E-state index in [1.54, 1.807) is 13.8 Å². The maximum atomic E-state index is 12.2. The molecule has 1 unspecified atom stereocenters. The van der Waals surface area contributed by atoms with Crippen molar-refractivity contribution in [3.8, 4) is 5.75 Å². The lowest BCUT2D eigenvalue weighted by Gasteiger charge is -2.15. The Morgan fingerprint density at radius 1 is 1.43 bits per heavy atom. The summed E-state index contributed by atoms with van der Waals surface area (Å²) in [6, 6.07) is 3.69. The normalized spacial score (nSPS) is 12.8. The fourth-order valence-electron chi connectivity index (χ4n) is 1.74. The van der Waals surface area contributed by atoms with Crippen molar-refractivity contribution in [2.75, 3.05) is 20.3 Å². The van der Waals surface area contributed by atoms with E-state index in [0.717, 1.165) is 0 Å². The lowest BCUT2D eigenvalue weighted by atomic mass is 10.1. The molecule has 7 nitrogen and oxygen atoms in total. The number of hydrogen-bond acceptors (Lipinski definition) is 5. The quantitative estimate of drug-likeness (QED) is 0.761. The summed E-state index contributed by atoms with van der Waals surface area (Å²) in [4.78, 5) is 12.1. The summed E-state index contributed by atoms with van der Waals surface area (Å²) in [7, 11) is -2.37. The Labute approximate surface area is 124 Å². The molecule has 0 aliphatic heterocycles. The largest absolute Gasteiger partial charge is 0.493 e. The van der Waals surface area contributed by atoms with Crippen LogP contribution in [0.25, 0.3) is 0 Å². The Kier molecular flexibility index (Phi) is 6.13. The van der Waals surface area contributed by atoms with Gasteiger partial charge < -0.3 is 14.8 Å². The van der Waals surface area contributed by atoms with Crippen molar-refractivity contribution >= 4 is 15.9 Å². The number of amides is 1. The minimum absolute atomic E-state index is 0.117. The summed E-state index contributed by atoms with van der Waals surface area (Å²) >= 11 is 0. The smallest absolute Gasteiger partial charge is 0.255 e. The molecular formula is C13H20N2O5S. The number of primary sulfonamides is 1. The average molecular weight is 316 g/mol. The van der Waals surface area contributed by atoms with Crippen LogP contribution in [0.2, 0.25) is 0 Å². The van der Waals surface area contributed by atoms with E-state index in [0.29, 0.717) is 19.0 Å². The van der Waals surface area contributed by atoms with Gasteiger partial charge in [0.2, 0.25) is 10.0 Å². The first kappa shape index (κ1) is 17.4. The van der Waals surface area contributed by atoms with E-state index in [4.69, 9.17) is 14.6 Å². The molecule has 1 aromatic carbocycles. The molecule has 1 aromatic rings. The number of methoxy groups -OCH3 is 1. The first-order chi connectivity index (χ1) is 9.79. The molecule has 1 rings (SSSR count). The van der Waals surface area contributed by atoms with Gasteiger partial charge in [-0.3, -0.25) is 4.79 Å². The summed E-state index contributed by atoms with van der Waals surface area (Å²) in [6.07, 6.45) is 0. The molecular weight excluding hydrogens is 296 g/mol. The number of carbonyl (C=O) groups is 1. The molecule has 1 atom stereocenters. The van der Waals surface area contributed by atoms with Crippen molar-refractivity contribution < 1.29 is 22.7 Å². The maximum Gasteiger partial charge on any atom is 0.255 e. The minimum atomic E-state index is -3.89. The highest BCUT2D eigenvalue weighted by atomic mass is 32.2. The Bertz CT molecular complexity index is 601. The van der Waals surface area contributed by atoms with Crippen molar-refractivity contribution in [1.29, 1.82) is 0 Å². The number of nitrogens with two attached hydrogens (primary N) is 1. The van der Waals surface area contributed by atoms with Crippen LogP contribution in [-0.4, -0.2) is 40.7 Å². The predicted octanol–water partition coefficient (Wildman–Crippen LogP) is 0.497. The van der Waals surface area contributed by atoms with E-state index < -0.39 is 15.9 Å². The van der Waals surface area contributed by atoms with Crippen molar-refractivity contribution in [3.63, 3.8) is 0 Å². The molecule has 0 saturated heterocycles. The average Bonchev–Trinajstić information content (AvgIpc) is 2.38. The van der Waals surface area contributed by atoms with E-state index in [9.17, 15) is 13.2 Å². The fraction of sp³-hybridized carbons (Fsp3) is 0.462. The minimum Gasteiger partial charge on any atom is -0.493 e. The van der Waals surface area contributed by atoms with E-state index in [1.165, 1.54) is 25.3 Å². The van der Waals surface area contributed by atoms with E-state index in [2.05, 4.69) is 5.32 Å². The molecule has 3 N–H and O–H groups in total. The predicted molar refractivity (Wildman–Crippen MR) is 77.8 cm³/mol. The van der Waals surface area contributed by atoms with Gasteiger partial charge in [-0.1, -0.05) is 0 Å². The van der Waals surface area contributed by atoms with Crippen molar-refractivity contribution in [3.05, 3.63) is 23.8 Å². The Morgan fingerprint density at radius 3 is 2.62 bits per heavy atom. The molecule has 0 aliphatic carbocycles. The molecule has 0 saturated carbocycles. The van der Waals surface area contributed by atoms with Crippen LogP contribution in [0.1, 0.15) is 24.2 Å². The summed E-state index contributed by atoms with van der Waals surface area (Å²) in [5.41, 5.74) is 0.117. The zero-order valence-electron chi connectivity index (χ0n) is 12.3. The number of benzene rings is 1. The molecule has 8 heteroatoms. The molecule has 0 spiro atoms. The Hall–Kier alpha value is -1.64. The van der Waals surface area contributed by atoms with E-state index >= 15 is 0 Å². The highest BCUT2D eigenvalue weighted by Gasteiger charge is 2.18. The zero-order chi connectivity index (χ0) is 16.0. The Morgan fingerprint density at radius 2 is 2.10 bits per heavy atom. The molecule has 0 bridgehead atoms. The summed E-state index contributed by atoms with van der Waals surface area (Å²) in [5.74, 6) is -0.152. The third kappa shape index (κ3) is 5.00. The Balaban J connectivity index is 3.14. The number of rotatable bonds is 7. The van der Waals surface area contributed by atoms with Gasteiger partial charge in [-0.2, -0.15) is 0 Å². The van der Waals surface area contributed by atoms with Gasteiger partial charge in [-0.25, -0.2) is 13.6 Å². The monoisotopic (exact) mass is 316 g/mol. The highest BCUT2D eigenvalue weighted by Crippen LogP contribution is 2.22. The molecule has 1 amide bonds. The van der Waals surface area contributed by atoms with E-state index in [1.807, 2.05) is 0 Å². The highest BCUT2D eigenvalue weighted by molar-refractivity contribution is 7.89. The van der Waals surface area contributed by atoms with Crippen molar-refractivity contribution in [2.45, 2.75) is 24.8 Å². The van der Waals surface area contributed by atoms with Gasteiger partial charge in [0.25, 0.3) is 5.91 Å². The van der Waals surface area contributed by atoms with Crippen LogP contribution < -0.4 is 15.2 Å². The molecule has 0 radical (unpaired) electrons. The summed E-state index contributed by atoms with van der Waals surface area (Å²) in [5, 5.41) is 7.77. The number of hydrogen-bond donors (Lipinski definition) is 2.